The van der Waals surface area contributed by atoms with Gasteiger partial charge in [0.25, 0.3) is 0 Å². The molecule has 2 fully saturated rings. The Kier molecular flexibility index (Phi) is 7.40. The van der Waals surface area contributed by atoms with E-state index in [1.807, 2.05) is 11.6 Å². The van der Waals surface area contributed by atoms with E-state index >= 15 is 0 Å². The van der Waals surface area contributed by atoms with E-state index in [0.717, 1.165) is 37.3 Å². The third-order valence-corrected chi connectivity index (χ3v) is 5.52. The van der Waals surface area contributed by atoms with Crippen LogP contribution in [0.25, 0.3) is 0 Å². The molecule has 124 valence electrons. The average molecular weight is 434 g/mol. The van der Waals surface area contributed by atoms with Gasteiger partial charge in [-0.3, -0.25) is 4.99 Å². The number of rotatable bonds is 4. The molecule has 0 spiro atoms. The summed E-state index contributed by atoms with van der Waals surface area (Å²) in [4.78, 5) is 11.6. The van der Waals surface area contributed by atoms with Crippen molar-refractivity contribution in [2.45, 2.75) is 39.0 Å². The molecule has 1 aromatic rings. The van der Waals surface area contributed by atoms with Gasteiger partial charge in [0, 0.05) is 44.2 Å². The third-order valence-electron chi connectivity index (χ3n) is 4.68. The van der Waals surface area contributed by atoms with E-state index in [4.69, 9.17) is 4.99 Å². The van der Waals surface area contributed by atoms with Gasteiger partial charge in [0.1, 0.15) is 0 Å². The van der Waals surface area contributed by atoms with Crippen LogP contribution in [0.2, 0.25) is 0 Å². The lowest BCUT2D eigenvalue weighted by Gasteiger charge is -2.22. The van der Waals surface area contributed by atoms with Gasteiger partial charge in [0.05, 0.1) is 5.01 Å². The van der Waals surface area contributed by atoms with Gasteiger partial charge in [0.2, 0.25) is 0 Å². The Hall–Kier alpha value is -0.370. The third kappa shape index (κ3) is 4.57. The summed E-state index contributed by atoms with van der Waals surface area (Å²) in [5, 5.41) is 6.70. The minimum absolute atomic E-state index is 0. The Bertz CT molecular complexity index is 449. The molecule has 4 nitrogen and oxygen atoms in total. The number of nitrogens with one attached hydrogen (secondary N) is 1. The fraction of sp³-hybridized carbons (Fsp3) is 0.750. The molecule has 2 aliphatic rings. The lowest BCUT2D eigenvalue weighted by Crippen LogP contribution is -2.40. The standard InChI is InChI=1S/C16H26N4S.HI/c1-2-17-16(19-8-7-15-18-9-10-21-15)20-11-13-5-3-4-6-14(13)12-20;/h9-10,13-14H,2-8,11-12H2,1H3,(H,17,19);1H. The molecular formula is C16H27IN4S. The number of hydrogen-bond donors (Lipinski definition) is 1. The molecule has 6 heteroatoms. The predicted molar refractivity (Wildman–Crippen MR) is 104 cm³/mol. The van der Waals surface area contributed by atoms with Crippen LogP contribution in [0.1, 0.15) is 37.6 Å². The molecule has 0 radical (unpaired) electrons. The number of guanidine groups is 1. The zero-order valence-electron chi connectivity index (χ0n) is 13.3. The van der Waals surface area contributed by atoms with Crippen molar-refractivity contribution in [2.75, 3.05) is 26.2 Å². The number of aromatic nitrogens is 1. The molecule has 0 aromatic carbocycles. The van der Waals surface area contributed by atoms with Crippen molar-refractivity contribution in [3.8, 4) is 0 Å². The molecule has 1 saturated carbocycles. The molecule has 1 saturated heterocycles. The number of likely N-dealkylation sites (tertiary alicyclic amines) is 1. The van der Waals surface area contributed by atoms with E-state index in [0.29, 0.717) is 0 Å². The van der Waals surface area contributed by atoms with Crippen molar-refractivity contribution in [2.24, 2.45) is 16.8 Å². The van der Waals surface area contributed by atoms with Crippen LogP contribution in [0.15, 0.2) is 16.6 Å². The van der Waals surface area contributed by atoms with Crippen LogP contribution in [-0.2, 0) is 6.42 Å². The summed E-state index contributed by atoms with van der Waals surface area (Å²) in [6, 6.07) is 0. The lowest BCUT2D eigenvalue weighted by atomic mass is 9.82. The van der Waals surface area contributed by atoms with Crippen LogP contribution in [0.4, 0.5) is 0 Å². The summed E-state index contributed by atoms with van der Waals surface area (Å²) in [6.45, 7) is 6.34. The molecule has 2 heterocycles. The molecule has 0 bridgehead atoms. The Balaban J connectivity index is 0.00000176. The lowest BCUT2D eigenvalue weighted by molar-refractivity contribution is 0.299. The second kappa shape index (κ2) is 9.05. The first kappa shape index (κ1) is 18.0. The van der Waals surface area contributed by atoms with E-state index in [2.05, 4.69) is 22.1 Å². The smallest absolute Gasteiger partial charge is 0.193 e. The van der Waals surface area contributed by atoms with Crippen molar-refractivity contribution in [1.29, 1.82) is 0 Å². The maximum Gasteiger partial charge on any atom is 0.193 e. The van der Waals surface area contributed by atoms with Crippen molar-refractivity contribution >= 4 is 41.3 Å². The van der Waals surface area contributed by atoms with Crippen LogP contribution in [-0.4, -0.2) is 42.0 Å². The number of hydrogen-bond acceptors (Lipinski definition) is 3. The first-order chi connectivity index (χ1) is 10.4. The maximum atomic E-state index is 4.83. The van der Waals surface area contributed by atoms with E-state index in [1.165, 1.54) is 43.8 Å². The van der Waals surface area contributed by atoms with Crippen LogP contribution in [0.5, 0.6) is 0 Å². The Morgan fingerprint density at radius 2 is 2.09 bits per heavy atom. The fourth-order valence-electron chi connectivity index (χ4n) is 3.64. The minimum Gasteiger partial charge on any atom is -0.357 e. The summed E-state index contributed by atoms with van der Waals surface area (Å²) in [5.74, 6) is 2.92. The number of thiazole rings is 1. The van der Waals surface area contributed by atoms with E-state index in [-0.39, 0.29) is 24.0 Å². The summed E-state index contributed by atoms with van der Waals surface area (Å²) < 4.78 is 0. The summed E-state index contributed by atoms with van der Waals surface area (Å²) >= 11 is 1.72. The number of nitrogens with zero attached hydrogens (tertiary/aromatic N) is 3. The van der Waals surface area contributed by atoms with Gasteiger partial charge in [-0.15, -0.1) is 35.3 Å². The van der Waals surface area contributed by atoms with Crippen molar-refractivity contribution in [1.82, 2.24) is 15.2 Å². The predicted octanol–water partition coefficient (Wildman–Crippen LogP) is 3.39. The summed E-state index contributed by atoms with van der Waals surface area (Å²) in [5.41, 5.74) is 0. The van der Waals surface area contributed by atoms with Gasteiger partial charge in [0.15, 0.2) is 5.96 Å². The van der Waals surface area contributed by atoms with E-state index in [9.17, 15) is 0 Å². The highest BCUT2D eigenvalue weighted by molar-refractivity contribution is 14.0. The van der Waals surface area contributed by atoms with Gasteiger partial charge in [-0.2, -0.15) is 0 Å². The summed E-state index contributed by atoms with van der Waals surface area (Å²) in [7, 11) is 0. The summed E-state index contributed by atoms with van der Waals surface area (Å²) in [6.07, 6.45) is 8.51. The zero-order valence-corrected chi connectivity index (χ0v) is 16.5. The molecule has 1 aromatic heterocycles. The van der Waals surface area contributed by atoms with Crippen LogP contribution < -0.4 is 5.32 Å². The normalized spacial score (nSPS) is 24.8. The minimum atomic E-state index is 0. The Morgan fingerprint density at radius 3 is 2.68 bits per heavy atom. The first-order valence-corrected chi connectivity index (χ1v) is 9.16. The average Bonchev–Trinajstić information content (AvgIpc) is 3.15. The van der Waals surface area contributed by atoms with E-state index < -0.39 is 0 Å². The maximum absolute atomic E-state index is 4.83. The highest BCUT2D eigenvalue weighted by atomic mass is 127. The van der Waals surface area contributed by atoms with Gasteiger partial charge in [-0.05, 0) is 31.6 Å². The van der Waals surface area contributed by atoms with Gasteiger partial charge in [-0.25, -0.2) is 4.98 Å². The molecule has 1 aliphatic carbocycles. The first-order valence-electron chi connectivity index (χ1n) is 8.28. The largest absolute Gasteiger partial charge is 0.357 e. The molecule has 1 N–H and O–H groups in total. The zero-order chi connectivity index (χ0) is 14.5. The van der Waals surface area contributed by atoms with Crippen LogP contribution in [0, 0.1) is 11.8 Å². The van der Waals surface area contributed by atoms with Crippen molar-refractivity contribution in [3.05, 3.63) is 16.6 Å². The SMILES string of the molecule is CCNC(=NCCc1nccs1)N1CC2CCCCC2C1.I. The molecule has 22 heavy (non-hydrogen) atoms. The number of fused-ring (bicyclic) bond motifs is 1. The van der Waals surface area contributed by atoms with Gasteiger partial charge in [-0.1, -0.05) is 12.8 Å². The van der Waals surface area contributed by atoms with Gasteiger partial charge < -0.3 is 10.2 Å². The quantitative estimate of drug-likeness (QED) is 0.449. The molecule has 2 atom stereocenters. The Labute approximate surface area is 154 Å². The monoisotopic (exact) mass is 434 g/mol. The molecule has 3 rings (SSSR count). The van der Waals surface area contributed by atoms with E-state index in [1.54, 1.807) is 11.3 Å². The highest BCUT2D eigenvalue weighted by Gasteiger charge is 2.35. The van der Waals surface area contributed by atoms with Crippen molar-refractivity contribution < 1.29 is 0 Å². The van der Waals surface area contributed by atoms with Crippen LogP contribution >= 0.6 is 35.3 Å². The highest BCUT2D eigenvalue weighted by Crippen LogP contribution is 2.35. The second-order valence-electron chi connectivity index (χ2n) is 6.12. The molecule has 2 unspecified atom stereocenters. The molecular weight excluding hydrogens is 407 g/mol. The Morgan fingerprint density at radius 1 is 1.36 bits per heavy atom. The van der Waals surface area contributed by atoms with Crippen LogP contribution in [0.3, 0.4) is 0 Å². The fourth-order valence-corrected chi connectivity index (χ4v) is 4.25. The molecule has 0 amide bonds. The van der Waals surface area contributed by atoms with Gasteiger partial charge >= 0.3 is 0 Å². The number of halogens is 1. The molecule has 1 aliphatic heterocycles. The second-order valence-corrected chi connectivity index (χ2v) is 7.10. The topological polar surface area (TPSA) is 40.5 Å². The number of aliphatic imine (C=N–C) groups is 1. The van der Waals surface area contributed by atoms with Crippen molar-refractivity contribution in [3.63, 3.8) is 0 Å².